The summed E-state index contributed by atoms with van der Waals surface area (Å²) >= 11 is 0. The number of benzene rings is 2. The standard InChI is InChI=1S/C25H28N4O5S/c30-24-14-13-23(27-29(24)17-18-34-21-10-4-3-5-11-21)25(31)26-20-9-8-12-22(19-20)35(32,33)28-15-6-1-2-7-16-28/h3-5,8-14,19H,1-2,6-7,15-18H2,(H,26,31). The van der Waals surface area contributed by atoms with Gasteiger partial charge in [0.05, 0.1) is 11.4 Å². The van der Waals surface area contributed by atoms with Crippen LogP contribution in [0.1, 0.15) is 36.2 Å². The third-order valence-electron chi connectivity index (χ3n) is 5.71. The molecule has 0 radical (unpaired) electrons. The minimum absolute atomic E-state index is 0.0325. The number of carbonyl (C=O) groups excluding carboxylic acids is 1. The van der Waals surface area contributed by atoms with E-state index in [0.717, 1.165) is 30.4 Å². The normalized spacial score (nSPS) is 14.7. The van der Waals surface area contributed by atoms with Gasteiger partial charge in [-0.05, 0) is 49.2 Å². The fraction of sp³-hybridized carbons (Fsp3) is 0.320. The quantitative estimate of drug-likeness (QED) is 0.513. The van der Waals surface area contributed by atoms with Gasteiger partial charge in [0.15, 0.2) is 0 Å². The zero-order valence-corrected chi connectivity index (χ0v) is 20.1. The summed E-state index contributed by atoms with van der Waals surface area (Å²) in [4.78, 5) is 25.1. The van der Waals surface area contributed by atoms with E-state index in [0.29, 0.717) is 24.5 Å². The molecule has 184 valence electrons. The summed E-state index contributed by atoms with van der Waals surface area (Å²) in [6, 6.07) is 18.0. The second-order valence-corrected chi connectivity index (χ2v) is 10.2. The maximum atomic E-state index is 13.1. The SMILES string of the molecule is O=C(Nc1cccc(S(=O)(=O)N2CCCCCC2)c1)c1ccc(=O)n(CCOc2ccccc2)n1. The predicted molar refractivity (Wildman–Crippen MR) is 132 cm³/mol. The highest BCUT2D eigenvalue weighted by Gasteiger charge is 2.25. The minimum Gasteiger partial charge on any atom is -0.492 e. The van der Waals surface area contributed by atoms with Crippen LogP contribution in [0.3, 0.4) is 0 Å². The number of aromatic nitrogens is 2. The molecular formula is C25H28N4O5S. The van der Waals surface area contributed by atoms with Crippen LogP contribution in [-0.4, -0.2) is 48.1 Å². The van der Waals surface area contributed by atoms with Crippen LogP contribution in [0.5, 0.6) is 5.75 Å². The number of sulfonamides is 1. The van der Waals surface area contributed by atoms with Crippen LogP contribution in [-0.2, 0) is 16.6 Å². The summed E-state index contributed by atoms with van der Waals surface area (Å²) in [5, 5.41) is 6.82. The highest BCUT2D eigenvalue weighted by molar-refractivity contribution is 7.89. The van der Waals surface area contributed by atoms with E-state index >= 15 is 0 Å². The van der Waals surface area contributed by atoms with Crippen LogP contribution in [0.15, 0.2) is 76.4 Å². The van der Waals surface area contributed by atoms with Crippen LogP contribution in [0.4, 0.5) is 5.69 Å². The first-order valence-electron chi connectivity index (χ1n) is 11.6. The Bertz CT molecular complexity index is 1320. The predicted octanol–water partition coefficient (Wildman–Crippen LogP) is 3.14. The first-order chi connectivity index (χ1) is 16.9. The molecule has 0 unspecified atom stereocenters. The monoisotopic (exact) mass is 496 g/mol. The molecule has 4 rings (SSSR count). The highest BCUT2D eigenvalue weighted by Crippen LogP contribution is 2.23. The van der Waals surface area contributed by atoms with Gasteiger partial charge in [-0.25, -0.2) is 13.1 Å². The van der Waals surface area contributed by atoms with Crippen LogP contribution in [0, 0.1) is 0 Å². The number of nitrogens with zero attached hydrogens (tertiary/aromatic N) is 3. The largest absolute Gasteiger partial charge is 0.492 e. The van der Waals surface area contributed by atoms with Crippen molar-refractivity contribution in [3.63, 3.8) is 0 Å². The molecule has 1 saturated heterocycles. The van der Waals surface area contributed by atoms with Gasteiger partial charge in [-0.3, -0.25) is 9.59 Å². The average molecular weight is 497 g/mol. The van der Waals surface area contributed by atoms with E-state index < -0.39 is 15.9 Å². The van der Waals surface area contributed by atoms with E-state index in [4.69, 9.17) is 4.74 Å². The molecule has 35 heavy (non-hydrogen) atoms. The number of ether oxygens (including phenoxy) is 1. The van der Waals surface area contributed by atoms with Gasteiger partial charge in [0.1, 0.15) is 18.1 Å². The Hall–Kier alpha value is -3.50. The van der Waals surface area contributed by atoms with Crippen molar-refractivity contribution in [2.24, 2.45) is 0 Å². The number of rotatable bonds is 8. The smallest absolute Gasteiger partial charge is 0.276 e. The molecule has 0 atom stereocenters. The molecule has 1 fully saturated rings. The third-order valence-corrected chi connectivity index (χ3v) is 7.60. The van der Waals surface area contributed by atoms with Crippen molar-refractivity contribution in [2.45, 2.75) is 37.1 Å². The molecule has 1 aromatic heterocycles. The molecule has 0 saturated carbocycles. The number of hydrogen-bond donors (Lipinski definition) is 1. The Morgan fingerprint density at radius 3 is 2.43 bits per heavy atom. The third kappa shape index (κ3) is 6.34. The lowest BCUT2D eigenvalue weighted by molar-refractivity contribution is 0.101. The van der Waals surface area contributed by atoms with Gasteiger partial charge in [-0.2, -0.15) is 9.40 Å². The Balaban J connectivity index is 1.44. The Labute approximate surface area is 204 Å². The van der Waals surface area contributed by atoms with Gasteiger partial charge in [-0.15, -0.1) is 0 Å². The molecule has 1 N–H and O–H groups in total. The van der Waals surface area contributed by atoms with Crippen molar-refractivity contribution in [1.82, 2.24) is 14.1 Å². The van der Waals surface area contributed by atoms with Crippen LogP contribution < -0.4 is 15.6 Å². The Kier molecular flexibility index (Phi) is 7.94. The van der Waals surface area contributed by atoms with E-state index in [1.165, 1.54) is 28.6 Å². The van der Waals surface area contributed by atoms with Gasteiger partial charge in [0.2, 0.25) is 10.0 Å². The maximum absolute atomic E-state index is 13.1. The minimum atomic E-state index is -3.65. The summed E-state index contributed by atoms with van der Waals surface area (Å²) in [6.45, 7) is 1.37. The van der Waals surface area contributed by atoms with E-state index in [2.05, 4.69) is 10.4 Å². The zero-order chi connectivity index (χ0) is 24.7. The van der Waals surface area contributed by atoms with Gasteiger partial charge in [0.25, 0.3) is 11.5 Å². The molecule has 1 aliphatic rings. The molecule has 2 aromatic carbocycles. The number of para-hydroxylation sites is 1. The number of amides is 1. The zero-order valence-electron chi connectivity index (χ0n) is 19.3. The molecule has 0 spiro atoms. The van der Waals surface area contributed by atoms with Crippen LogP contribution in [0.25, 0.3) is 0 Å². The maximum Gasteiger partial charge on any atom is 0.276 e. The Morgan fingerprint density at radius 2 is 1.69 bits per heavy atom. The van der Waals surface area contributed by atoms with Crippen molar-refractivity contribution in [2.75, 3.05) is 25.0 Å². The molecule has 9 nitrogen and oxygen atoms in total. The van der Waals surface area contributed by atoms with Crippen molar-refractivity contribution < 1.29 is 17.9 Å². The lowest BCUT2D eigenvalue weighted by Crippen LogP contribution is -2.32. The topological polar surface area (TPSA) is 111 Å². The van der Waals surface area contributed by atoms with E-state index in [9.17, 15) is 18.0 Å². The van der Waals surface area contributed by atoms with Crippen molar-refractivity contribution in [3.8, 4) is 5.75 Å². The lowest BCUT2D eigenvalue weighted by atomic mass is 10.2. The fourth-order valence-electron chi connectivity index (χ4n) is 3.86. The van der Waals surface area contributed by atoms with Crippen molar-refractivity contribution in [1.29, 1.82) is 0 Å². The van der Waals surface area contributed by atoms with Crippen LogP contribution in [0.2, 0.25) is 0 Å². The molecular weight excluding hydrogens is 468 g/mol. The summed E-state index contributed by atoms with van der Waals surface area (Å²) in [5.74, 6) is 0.122. The molecule has 2 heterocycles. The van der Waals surface area contributed by atoms with Gasteiger partial charge in [0, 0.05) is 24.8 Å². The van der Waals surface area contributed by atoms with Crippen molar-refractivity contribution in [3.05, 3.63) is 82.8 Å². The molecule has 0 aliphatic carbocycles. The molecule has 0 bridgehead atoms. The van der Waals surface area contributed by atoms with Gasteiger partial charge in [-0.1, -0.05) is 37.1 Å². The van der Waals surface area contributed by atoms with E-state index in [1.807, 2.05) is 18.2 Å². The van der Waals surface area contributed by atoms with E-state index in [1.54, 1.807) is 24.3 Å². The highest BCUT2D eigenvalue weighted by atomic mass is 32.2. The van der Waals surface area contributed by atoms with Gasteiger partial charge >= 0.3 is 0 Å². The Morgan fingerprint density at radius 1 is 0.943 bits per heavy atom. The second-order valence-electron chi connectivity index (χ2n) is 8.24. The molecule has 3 aromatic rings. The van der Waals surface area contributed by atoms with Crippen LogP contribution >= 0.6 is 0 Å². The number of hydrogen-bond acceptors (Lipinski definition) is 6. The summed E-state index contributed by atoms with van der Waals surface area (Å²) in [6.07, 6.45) is 3.73. The molecule has 1 aliphatic heterocycles. The second kappa shape index (κ2) is 11.3. The summed E-state index contributed by atoms with van der Waals surface area (Å²) in [5.41, 5.74) is 0.00620. The van der Waals surface area contributed by atoms with Crippen molar-refractivity contribution >= 4 is 21.6 Å². The average Bonchev–Trinajstić information content (AvgIpc) is 3.16. The van der Waals surface area contributed by atoms with Gasteiger partial charge < -0.3 is 10.1 Å². The number of nitrogens with one attached hydrogen (secondary N) is 1. The molecule has 10 heteroatoms. The number of anilines is 1. The molecule has 1 amide bonds. The number of carbonyl (C=O) groups is 1. The summed E-state index contributed by atoms with van der Waals surface area (Å²) in [7, 11) is -3.65. The fourth-order valence-corrected chi connectivity index (χ4v) is 5.42. The lowest BCUT2D eigenvalue weighted by Gasteiger charge is -2.20. The first kappa shape index (κ1) is 24.6. The summed E-state index contributed by atoms with van der Waals surface area (Å²) < 4.78 is 34.4. The first-order valence-corrected chi connectivity index (χ1v) is 13.0. The van der Waals surface area contributed by atoms with E-state index in [-0.39, 0.29) is 29.3 Å².